The molecule has 0 saturated heterocycles. The molecule has 3 heterocycles. The summed E-state index contributed by atoms with van der Waals surface area (Å²) in [6, 6.07) is 62.1. The van der Waals surface area contributed by atoms with Crippen LogP contribution in [0.2, 0.25) is 0 Å². The Balaban J connectivity index is 1.27. The van der Waals surface area contributed by atoms with E-state index in [4.69, 9.17) is 10.3 Å². The normalized spacial score (nSPS) is 11.7. The van der Waals surface area contributed by atoms with Gasteiger partial charge < -0.3 is 9.13 Å². The molecule has 0 bridgehead atoms. The van der Waals surface area contributed by atoms with Crippen LogP contribution in [0.15, 0.2) is 176 Å². The van der Waals surface area contributed by atoms with Crippen molar-refractivity contribution in [2.24, 2.45) is 0 Å². The van der Waals surface area contributed by atoms with Crippen molar-refractivity contribution < 1.29 is 0 Å². The smallest absolute Gasteiger partial charge is 0.121 e. The van der Waals surface area contributed by atoms with Crippen LogP contribution < -0.4 is 0 Å². The number of aromatic nitrogens is 5. The lowest BCUT2D eigenvalue weighted by Gasteiger charge is -2.15. The van der Waals surface area contributed by atoms with Gasteiger partial charge in [-0.25, -0.2) is 4.68 Å². The molecular formula is C44H29N5. The summed E-state index contributed by atoms with van der Waals surface area (Å²) in [6.45, 7) is 0. The van der Waals surface area contributed by atoms with Crippen LogP contribution in [0.3, 0.4) is 0 Å². The van der Waals surface area contributed by atoms with Gasteiger partial charge in [-0.1, -0.05) is 139 Å². The zero-order valence-corrected chi connectivity index (χ0v) is 26.5. The van der Waals surface area contributed by atoms with Gasteiger partial charge in [0.2, 0.25) is 0 Å². The zero-order valence-electron chi connectivity index (χ0n) is 26.5. The van der Waals surface area contributed by atoms with E-state index in [2.05, 4.69) is 161 Å². The molecule has 0 spiro atoms. The van der Waals surface area contributed by atoms with Crippen molar-refractivity contribution in [1.29, 1.82) is 0 Å². The van der Waals surface area contributed by atoms with Crippen LogP contribution in [0, 0.1) is 0 Å². The molecule has 0 radical (unpaired) electrons. The molecule has 0 saturated carbocycles. The molecule has 7 aromatic carbocycles. The first-order chi connectivity index (χ1) is 24.3. The van der Waals surface area contributed by atoms with Crippen LogP contribution in [-0.4, -0.2) is 24.1 Å². The summed E-state index contributed by atoms with van der Waals surface area (Å²) in [4.78, 5) is 0. The minimum absolute atomic E-state index is 0.847. The van der Waals surface area contributed by atoms with E-state index in [1.54, 1.807) is 0 Å². The predicted molar refractivity (Wildman–Crippen MR) is 201 cm³/mol. The highest BCUT2D eigenvalue weighted by atomic mass is 15.4. The Morgan fingerprint density at radius 1 is 0.388 bits per heavy atom. The number of hydrogen-bond donors (Lipinski definition) is 0. The topological polar surface area (TPSA) is 40.6 Å². The lowest BCUT2D eigenvalue weighted by molar-refractivity contribution is 0.810. The van der Waals surface area contributed by atoms with E-state index in [0.29, 0.717) is 0 Å². The van der Waals surface area contributed by atoms with Gasteiger partial charge in [0.15, 0.2) is 0 Å². The van der Waals surface area contributed by atoms with Gasteiger partial charge in [0.05, 0.1) is 27.8 Å². The van der Waals surface area contributed by atoms with E-state index in [0.717, 1.165) is 56.0 Å². The van der Waals surface area contributed by atoms with Gasteiger partial charge in [0.25, 0.3) is 0 Å². The number of hydrogen-bond acceptors (Lipinski definition) is 2. The average molecular weight is 628 g/mol. The fraction of sp³-hybridized carbons (Fsp3) is 0. The van der Waals surface area contributed by atoms with Crippen molar-refractivity contribution in [2.45, 2.75) is 0 Å². The third kappa shape index (κ3) is 4.19. The summed E-state index contributed by atoms with van der Waals surface area (Å²) in [6.07, 6.45) is 0. The van der Waals surface area contributed by atoms with E-state index in [9.17, 15) is 0 Å². The molecule has 0 N–H and O–H groups in total. The minimum Gasteiger partial charge on any atom is -0.309 e. The number of para-hydroxylation sites is 4. The highest BCUT2D eigenvalue weighted by molar-refractivity contribution is 6.12. The second-order valence-electron chi connectivity index (χ2n) is 12.3. The highest BCUT2D eigenvalue weighted by Crippen LogP contribution is 2.39. The van der Waals surface area contributed by atoms with Crippen LogP contribution in [0.4, 0.5) is 0 Å². The Hall–Kier alpha value is -6.72. The molecule has 0 fully saturated rings. The van der Waals surface area contributed by atoms with E-state index >= 15 is 0 Å². The van der Waals surface area contributed by atoms with Crippen LogP contribution in [-0.2, 0) is 0 Å². The second kappa shape index (κ2) is 10.9. The number of benzene rings is 7. The maximum Gasteiger partial charge on any atom is 0.121 e. The Bertz CT molecular complexity index is 2770. The van der Waals surface area contributed by atoms with Crippen molar-refractivity contribution in [3.8, 4) is 39.6 Å². The Kier molecular flexibility index (Phi) is 6.11. The van der Waals surface area contributed by atoms with Crippen LogP contribution >= 0.6 is 0 Å². The fourth-order valence-electron chi connectivity index (χ4n) is 7.51. The predicted octanol–water partition coefficient (Wildman–Crippen LogP) is 10.8. The summed E-state index contributed by atoms with van der Waals surface area (Å²) in [5.41, 5.74) is 11.6. The highest BCUT2D eigenvalue weighted by Gasteiger charge is 2.23. The van der Waals surface area contributed by atoms with E-state index in [1.165, 1.54) is 27.2 Å². The minimum atomic E-state index is 0.847. The van der Waals surface area contributed by atoms with Crippen LogP contribution in [0.5, 0.6) is 0 Å². The SMILES string of the molecule is c1ccc(-c2nnn(-c3cccc4c5ccccc5n(-c5cccc(-n6c7ccccc7c7ccccc76)c5)c34)c2-c2ccccc2)cc1. The van der Waals surface area contributed by atoms with Crippen molar-refractivity contribution in [3.05, 3.63) is 176 Å². The van der Waals surface area contributed by atoms with Crippen LogP contribution in [0.25, 0.3) is 83.2 Å². The molecule has 0 unspecified atom stereocenters. The van der Waals surface area contributed by atoms with Gasteiger partial charge >= 0.3 is 0 Å². The summed E-state index contributed by atoms with van der Waals surface area (Å²) < 4.78 is 6.78. The number of nitrogens with zero attached hydrogens (tertiary/aromatic N) is 5. The van der Waals surface area contributed by atoms with Gasteiger partial charge in [0.1, 0.15) is 11.4 Å². The van der Waals surface area contributed by atoms with E-state index in [-0.39, 0.29) is 0 Å². The van der Waals surface area contributed by atoms with Gasteiger partial charge in [-0.3, -0.25) is 0 Å². The zero-order chi connectivity index (χ0) is 32.3. The molecule has 230 valence electrons. The van der Waals surface area contributed by atoms with Gasteiger partial charge in [-0.05, 0) is 42.5 Å². The molecule has 0 amide bonds. The molecule has 0 atom stereocenters. The Morgan fingerprint density at radius 3 is 1.53 bits per heavy atom. The molecule has 5 nitrogen and oxygen atoms in total. The van der Waals surface area contributed by atoms with Crippen molar-refractivity contribution in [1.82, 2.24) is 24.1 Å². The molecule has 10 rings (SSSR count). The first kappa shape index (κ1) is 27.4. The fourth-order valence-corrected chi connectivity index (χ4v) is 7.51. The summed E-state index contributed by atoms with van der Waals surface area (Å²) >= 11 is 0. The van der Waals surface area contributed by atoms with Crippen LogP contribution in [0.1, 0.15) is 0 Å². The molecule has 0 aliphatic carbocycles. The Morgan fingerprint density at radius 2 is 0.878 bits per heavy atom. The number of fused-ring (bicyclic) bond motifs is 6. The third-order valence-electron chi connectivity index (χ3n) is 9.59. The van der Waals surface area contributed by atoms with Crippen molar-refractivity contribution >= 4 is 43.6 Å². The van der Waals surface area contributed by atoms with Gasteiger partial charge in [-0.2, -0.15) is 0 Å². The molecule has 3 aromatic heterocycles. The Labute approximate surface area is 282 Å². The first-order valence-electron chi connectivity index (χ1n) is 16.5. The standard InChI is InChI=1S/C44H29N5/c1-3-15-30(16-4-1)42-43(31-17-5-2-6-18-31)49(46-45-42)41-28-14-24-37-36-23-9-12-27-40(36)48(44(37)41)33-20-13-19-32(29-33)47-38-25-10-7-21-34(38)35-22-8-11-26-39(35)47/h1-29H. The molecule has 5 heteroatoms. The molecular weight excluding hydrogens is 599 g/mol. The lowest BCUT2D eigenvalue weighted by Crippen LogP contribution is -2.04. The summed E-state index contributed by atoms with van der Waals surface area (Å²) in [5, 5.41) is 14.5. The van der Waals surface area contributed by atoms with E-state index in [1.807, 2.05) is 28.9 Å². The monoisotopic (exact) mass is 627 g/mol. The van der Waals surface area contributed by atoms with Crippen molar-refractivity contribution in [3.63, 3.8) is 0 Å². The molecule has 0 aliphatic heterocycles. The number of rotatable bonds is 5. The summed E-state index contributed by atoms with van der Waals surface area (Å²) in [7, 11) is 0. The second-order valence-corrected chi connectivity index (χ2v) is 12.3. The third-order valence-corrected chi connectivity index (χ3v) is 9.59. The first-order valence-corrected chi connectivity index (χ1v) is 16.5. The lowest BCUT2D eigenvalue weighted by atomic mass is 10.0. The van der Waals surface area contributed by atoms with Crippen molar-refractivity contribution in [2.75, 3.05) is 0 Å². The average Bonchev–Trinajstić information content (AvgIpc) is 3.86. The van der Waals surface area contributed by atoms with Gasteiger partial charge in [0, 0.05) is 44.0 Å². The largest absolute Gasteiger partial charge is 0.309 e. The molecule has 10 aromatic rings. The maximum atomic E-state index is 4.87. The summed E-state index contributed by atoms with van der Waals surface area (Å²) in [5.74, 6) is 0. The molecule has 0 aliphatic rings. The van der Waals surface area contributed by atoms with E-state index < -0.39 is 0 Å². The molecule has 49 heavy (non-hydrogen) atoms. The maximum absolute atomic E-state index is 4.87. The quantitative estimate of drug-likeness (QED) is 0.190. The van der Waals surface area contributed by atoms with Gasteiger partial charge in [-0.15, -0.1) is 5.10 Å².